The first kappa shape index (κ1) is 17.5. The van der Waals surface area contributed by atoms with Crippen LogP contribution in [0.2, 0.25) is 5.02 Å². The summed E-state index contributed by atoms with van der Waals surface area (Å²) >= 11 is 6.29. The van der Waals surface area contributed by atoms with E-state index < -0.39 is 0 Å². The number of halogens is 1. The summed E-state index contributed by atoms with van der Waals surface area (Å²) in [7, 11) is 0. The van der Waals surface area contributed by atoms with E-state index in [-0.39, 0.29) is 5.91 Å². The Morgan fingerprint density at radius 1 is 1.22 bits per heavy atom. The molecule has 1 aromatic carbocycles. The highest BCUT2D eigenvalue weighted by molar-refractivity contribution is 6.31. The van der Waals surface area contributed by atoms with Crippen LogP contribution in [-0.4, -0.2) is 17.6 Å². The predicted octanol–water partition coefficient (Wildman–Crippen LogP) is 3.74. The van der Waals surface area contributed by atoms with Crippen molar-refractivity contribution in [2.24, 2.45) is 0 Å². The first-order valence-electron chi connectivity index (χ1n) is 8.10. The topological polar surface area (TPSA) is 55.1 Å². The Morgan fingerprint density at radius 3 is 2.74 bits per heavy atom. The molecule has 1 heterocycles. The average molecular weight is 335 g/mol. The lowest BCUT2D eigenvalue weighted by Gasteiger charge is -2.08. The van der Waals surface area contributed by atoms with Crippen molar-refractivity contribution in [3.05, 3.63) is 51.9 Å². The summed E-state index contributed by atoms with van der Waals surface area (Å²) in [4.78, 5) is 11.3. The van der Waals surface area contributed by atoms with Gasteiger partial charge in [0.1, 0.15) is 5.76 Å². The van der Waals surface area contributed by atoms with E-state index in [1.807, 2.05) is 32.0 Å². The Hall–Kier alpha value is -1.81. The molecule has 1 amide bonds. The Morgan fingerprint density at radius 2 is 2.04 bits per heavy atom. The maximum atomic E-state index is 11.3. The number of aryl methyl sites for hydroxylation is 3. The highest BCUT2D eigenvalue weighted by atomic mass is 35.5. The van der Waals surface area contributed by atoms with E-state index in [2.05, 4.69) is 16.5 Å². The fourth-order valence-corrected chi connectivity index (χ4v) is 2.56. The summed E-state index contributed by atoms with van der Waals surface area (Å²) in [5, 5.41) is 7.72. The lowest BCUT2D eigenvalue weighted by Crippen LogP contribution is -2.24. The predicted molar refractivity (Wildman–Crippen MR) is 91.7 cm³/mol. The molecule has 0 saturated heterocycles. The van der Waals surface area contributed by atoms with E-state index >= 15 is 0 Å². The number of amides is 1. The van der Waals surface area contributed by atoms with Gasteiger partial charge in [0.15, 0.2) is 0 Å². The van der Waals surface area contributed by atoms with Crippen molar-refractivity contribution >= 4 is 17.5 Å². The second-order valence-electron chi connectivity index (χ2n) is 5.52. The molecule has 4 nitrogen and oxygen atoms in total. The third-order valence-electron chi connectivity index (χ3n) is 3.77. The second kappa shape index (κ2) is 8.73. The quantitative estimate of drug-likeness (QED) is 0.800. The summed E-state index contributed by atoms with van der Waals surface area (Å²) in [5.41, 5.74) is 3.24. The van der Waals surface area contributed by atoms with Crippen molar-refractivity contribution in [2.45, 2.75) is 46.0 Å². The molecule has 0 aliphatic heterocycles. The van der Waals surface area contributed by atoms with Gasteiger partial charge in [-0.1, -0.05) is 42.7 Å². The Kier molecular flexibility index (Phi) is 6.66. The van der Waals surface area contributed by atoms with E-state index in [9.17, 15) is 4.79 Å². The Bertz CT molecular complexity index is 652. The van der Waals surface area contributed by atoms with Crippen LogP contribution >= 0.6 is 11.6 Å². The molecule has 124 valence electrons. The third-order valence-corrected chi connectivity index (χ3v) is 4.14. The van der Waals surface area contributed by atoms with Crippen LogP contribution in [0.3, 0.4) is 0 Å². The molecule has 0 atom stereocenters. The van der Waals surface area contributed by atoms with Crippen molar-refractivity contribution in [2.75, 3.05) is 6.54 Å². The van der Waals surface area contributed by atoms with Crippen LogP contribution in [0.15, 0.2) is 28.8 Å². The third kappa shape index (κ3) is 5.39. The van der Waals surface area contributed by atoms with Gasteiger partial charge in [-0.2, -0.15) is 0 Å². The molecule has 2 rings (SSSR count). The SMILES string of the molecule is CCC(=O)NCCc1ccc(Cl)c(CCc2cc(CC)on2)c1. The van der Waals surface area contributed by atoms with Gasteiger partial charge in [0.2, 0.25) is 5.91 Å². The number of rotatable bonds is 8. The number of carbonyl (C=O) groups excluding carboxylic acids is 1. The summed E-state index contributed by atoms with van der Waals surface area (Å²) < 4.78 is 5.22. The highest BCUT2D eigenvalue weighted by Gasteiger charge is 2.07. The van der Waals surface area contributed by atoms with Gasteiger partial charge in [-0.15, -0.1) is 0 Å². The zero-order chi connectivity index (χ0) is 16.7. The first-order chi connectivity index (χ1) is 11.1. The Balaban J connectivity index is 1.92. The zero-order valence-corrected chi connectivity index (χ0v) is 14.4. The number of hydrogen-bond acceptors (Lipinski definition) is 3. The van der Waals surface area contributed by atoms with Crippen molar-refractivity contribution in [3.63, 3.8) is 0 Å². The molecular weight excluding hydrogens is 312 g/mol. The molecule has 0 aliphatic carbocycles. The van der Waals surface area contributed by atoms with Crippen LogP contribution in [0.25, 0.3) is 0 Å². The number of benzene rings is 1. The van der Waals surface area contributed by atoms with E-state index in [0.29, 0.717) is 13.0 Å². The summed E-state index contributed by atoms with van der Waals surface area (Å²) in [6.07, 6.45) is 3.80. The first-order valence-corrected chi connectivity index (χ1v) is 8.48. The largest absolute Gasteiger partial charge is 0.361 e. The van der Waals surface area contributed by atoms with Crippen molar-refractivity contribution < 1.29 is 9.32 Å². The minimum absolute atomic E-state index is 0.0805. The van der Waals surface area contributed by atoms with Crippen LogP contribution in [0.4, 0.5) is 0 Å². The highest BCUT2D eigenvalue weighted by Crippen LogP contribution is 2.20. The summed E-state index contributed by atoms with van der Waals surface area (Å²) in [6.45, 7) is 4.54. The fraction of sp³-hybridized carbons (Fsp3) is 0.444. The van der Waals surface area contributed by atoms with Gasteiger partial charge in [0.05, 0.1) is 5.69 Å². The minimum atomic E-state index is 0.0805. The number of hydrogen-bond donors (Lipinski definition) is 1. The van der Waals surface area contributed by atoms with Crippen LogP contribution in [0.5, 0.6) is 0 Å². The molecule has 5 heteroatoms. The summed E-state index contributed by atoms with van der Waals surface area (Å²) in [6, 6.07) is 8.04. The molecule has 0 aliphatic rings. The smallest absolute Gasteiger partial charge is 0.219 e. The lowest BCUT2D eigenvalue weighted by atomic mass is 10.0. The summed E-state index contributed by atoms with van der Waals surface area (Å²) in [5.74, 6) is 0.989. The van der Waals surface area contributed by atoms with E-state index in [1.165, 1.54) is 5.56 Å². The molecule has 0 fully saturated rings. The van der Waals surface area contributed by atoms with Gasteiger partial charge < -0.3 is 9.84 Å². The molecule has 0 saturated carbocycles. The molecule has 0 spiro atoms. The second-order valence-corrected chi connectivity index (χ2v) is 5.92. The maximum absolute atomic E-state index is 11.3. The van der Waals surface area contributed by atoms with E-state index in [0.717, 1.165) is 47.7 Å². The average Bonchev–Trinajstić information content (AvgIpc) is 3.03. The van der Waals surface area contributed by atoms with Crippen LogP contribution in [-0.2, 0) is 30.5 Å². The monoisotopic (exact) mass is 334 g/mol. The number of nitrogens with one attached hydrogen (secondary N) is 1. The lowest BCUT2D eigenvalue weighted by molar-refractivity contribution is -0.120. The molecular formula is C18H23ClN2O2. The number of aromatic nitrogens is 1. The number of nitrogens with zero attached hydrogens (tertiary/aromatic N) is 1. The van der Waals surface area contributed by atoms with Gasteiger partial charge in [-0.25, -0.2) is 0 Å². The minimum Gasteiger partial charge on any atom is -0.361 e. The Labute approximate surface area is 142 Å². The van der Waals surface area contributed by atoms with Gasteiger partial charge in [-0.05, 0) is 36.5 Å². The van der Waals surface area contributed by atoms with E-state index in [1.54, 1.807) is 0 Å². The van der Waals surface area contributed by atoms with Crippen LogP contribution in [0, 0.1) is 0 Å². The molecule has 0 unspecified atom stereocenters. The van der Waals surface area contributed by atoms with Crippen LogP contribution < -0.4 is 5.32 Å². The maximum Gasteiger partial charge on any atom is 0.219 e. The molecule has 0 radical (unpaired) electrons. The van der Waals surface area contributed by atoms with Crippen molar-refractivity contribution in [1.29, 1.82) is 0 Å². The molecule has 0 bridgehead atoms. The van der Waals surface area contributed by atoms with Gasteiger partial charge in [0.25, 0.3) is 0 Å². The molecule has 1 N–H and O–H groups in total. The number of carbonyl (C=O) groups is 1. The normalized spacial score (nSPS) is 10.7. The van der Waals surface area contributed by atoms with Crippen LogP contribution in [0.1, 0.15) is 42.8 Å². The fourth-order valence-electron chi connectivity index (χ4n) is 2.35. The van der Waals surface area contributed by atoms with Crippen molar-refractivity contribution in [3.8, 4) is 0 Å². The molecule has 2 aromatic rings. The molecule has 23 heavy (non-hydrogen) atoms. The standard InChI is InChI=1S/C18H23ClN2O2/c1-3-16-12-15(21-23-16)7-6-14-11-13(5-8-17(14)19)9-10-20-18(22)4-2/h5,8,11-12H,3-4,6-7,9-10H2,1-2H3,(H,20,22). The van der Waals surface area contributed by atoms with Gasteiger partial charge >= 0.3 is 0 Å². The molecule has 1 aromatic heterocycles. The van der Waals surface area contributed by atoms with Gasteiger partial charge in [-0.3, -0.25) is 4.79 Å². The van der Waals surface area contributed by atoms with Gasteiger partial charge in [0, 0.05) is 30.5 Å². The van der Waals surface area contributed by atoms with Crippen molar-refractivity contribution in [1.82, 2.24) is 10.5 Å². The zero-order valence-electron chi connectivity index (χ0n) is 13.7. The van der Waals surface area contributed by atoms with E-state index in [4.69, 9.17) is 16.1 Å².